The summed E-state index contributed by atoms with van der Waals surface area (Å²) in [6, 6.07) is 15.3. The van der Waals surface area contributed by atoms with Crippen LogP contribution in [0.3, 0.4) is 0 Å². The van der Waals surface area contributed by atoms with Crippen molar-refractivity contribution in [3.63, 3.8) is 0 Å². The number of fused-ring (bicyclic) bond motifs is 2. The Morgan fingerprint density at radius 1 is 0.970 bits per heavy atom. The van der Waals surface area contributed by atoms with Gasteiger partial charge in [0.1, 0.15) is 0 Å². The average Bonchev–Trinajstić information content (AvgIpc) is 3.04. The summed E-state index contributed by atoms with van der Waals surface area (Å²) in [6.07, 6.45) is 1.19. The molecule has 0 aliphatic carbocycles. The molecule has 0 aromatic heterocycles. The lowest BCUT2D eigenvalue weighted by molar-refractivity contribution is -0.198. The molecule has 0 saturated carbocycles. The van der Waals surface area contributed by atoms with Crippen LogP contribution in [-0.4, -0.2) is 28.8 Å². The molecule has 1 unspecified atom stereocenters. The summed E-state index contributed by atoms with van der Waals surface area (Å²) >= 11 is 0. The maximum atomic E-state index is 13.1. The molecule has 1 saturated heterocycles. The van der Waals surface area contributed by atoms with Gasteiger partial charge in [0, 0.05) is 36.3 Å². The van der Waals surface area contributed by atoms with Gasteiger partial charge in [0.15, 0.2) is 0 Å². The van der Waals surface area contributed by atoms with Crippen LogP contribution < -0.4 is 4.90 Å². The van der Waals surface area contributed by atoms with Gasteiger partial charge in [-0.05, 0) is 36.6 Å². The summed E-state index contributed by atoms with van der Waals surface area (Å²) in [5.74, 6) is 4.17. The molecule has 4 rings (SSSR count). The number of hydrogen-bond donors (Lipinski definition) is 0. The van der Waals surface area contributed by atoms with Crippen LogP contribution in [0.2, 0.25) is 0 Å². The molecular formula is C26H24N2O5. The minimum absolute atomic E-state index is 0.0175. The largest absolute Gasteiger partial charge is 0.333 e. The first-order chi connectivity index (χ1) is 15.9. The Morgan fingerprint density at radius 2 is 1.64 bits per heavy atom. The highest BCUT2D eigenvalue weighted by Gasteiger charge is 2.38. The van der Waals surface area contributed by atoms with Crippen molar-refractivity contribution in [3.05, 3.63) is 65.2 Å². The number of hydrogen-bond acceptors (Lipinski definition) is 5. The van der Waals surface area contributed by atoms with Crippen LogP contribution in [0.25, 0.3) is 0 Å². The summed E-state index contributed by atoms with van der Waals surface area (Å²) in [4.78, 5) is 55.5. The molecule has 0 radical (unpaired) electrons. The van der Waals surface area contributed by atoms with Crippen molar-refractivity contribution < 1.29 is 24.0 Å². The Morgan fingerprint density at radius 3 is 2.39 bits per heavy atom. The minimum atomic E-state index is -0.654. The van der Waals surface area contributed by atoms with E-state index in [2.05, 4.69) is 11.8 Å². The monoisotopic (exact) mass is 444 g/mol. The molecule has 2 aromatic rings. The second kappa shape index (κ2) is 9.70. The van der Waals surface area contributed by atoms with Gasteiger partial charge in [-0.1, -0.05) is 49.1 Å². The molecule has 1 atom stereocenters. The molecule has 168 valence electrons. The van der Waals surface area contributed by atoms with Gasteiger partial charge in [-0.15, -0.1) is 5.06 Å². The Hall–Kier alpha value is -3.92. The van der Waals surface area contributed by atoms with Gasteiger partial charge in [0.05, 0.1) is 12.2 Å². The van der Waals surface area contributed by atoms with Crippen molar-refractivity contribution in [1.29, 1.82) is 0 Å². The normalized spacial score (nSPS) is 16.8. The molecule has 0 N–H and O–H groups in total. The molecule has 7 nitrogen and oxygen atoms in total. The number of hydroxylamine groups is 2. The molecule has 33 heavy (non-hydrogen) atoms. The third kappa shape index (κ3) is 4.96. The van der Waals surface area contributed by atoms with E-state index in [9.17, 15) is 19.2 Å². The highest BCUT2D eigenvalue weighted by molar-refractivity contribution is 6.03. The molecule has 7 heteroatoms. The molecule has 2 aromatic carbocycles. The predicted molar refractivity (Wildman–Crippen MR) is 120 cm³/mol. The van der Waals surface area contributed by atoms with Crippen LogP contribution in [0.4, 0.5) is 5.69 Å². The Bertz CT molecular complexity index is 1180. The zero-order chi connectivity index (χ0) is 23.4. The molecule has 1 fully saturated rings. The topological polar surface area (TPSA) is 84.0 Å². The number of imide groups is 1. The Kier molecular flexibility index (Phi) is 6.55. The van der Waals surface area contributed by atoms with Crippen molar-refractivity contribution >= 4 is 29.4 Å². The van der Waals surface area contributed by atoms with Gasteiger partial charge in [-0.2, -0.15) is 0 Å². The quantitative estimate of drug-likeness (QED) is 0.388. The minimum Gasteiger partial charge on any atom is -0.330 e. The highest BCUT2D eigenvalue weighted by atomic mass is 16.7. The first-order valence-electron chi connectivity index (χ1n) is 11.0. The van der Waals surface area contributed by atoms with Crippen LogP contribution in [0.5, 0.6) is 0 Å². The van der Waals surface area contributed by atoms with E-state index in [-0.39, 0.29) is 25.2 Å². The molecule has 2 aliphatic heterocycles. The first-order valence-corrected chi connectivity index (χ1v) is 11.0. The summed E-state index contributed by atoms with van der Waals surface area (Å²) in [5, 5.41) is 0.563. The number of unbranched alkanes of at least 4 members (excludes halogenated alkanes) is 1. The zero-order valence-electron chi connectivity index (χ0n) is 18.4. The molecule has 2 heterocycles. The van der Waals surface area contributed by atoms with E-state index < -0.39 is 23.7 Å². The molecule has 2 aliphatic rings. The summed E-state index contributed by atoms with van der Waals surface area (Å²) in [6.45, 7) is 2.03. The molecule has 3 amide bonds. The summed E-state index contributed by atoms with van der Waals surface area (Å²) in [7, 11) is 0. The molecule has 0 bridgehead atoms. The third-order valence-electron chi connectivity index (χ3n) is 5.72. The number of para-hydroxylation sites is 1. The van der Waals surface area contributed by atoms with Gasteiger partial charge >= 0.3 is 5.97 Å². The highest BCUT2D eigenvalue weighted by Crippen LogP contribution is 2.26. The fraction of sp³-hybridized carbons (Fsp3) is 0.308. The number of carbonyl (C=O) groups excluding carboxylic acids is 4. The van der Waals surface area contributed by atoms with Gasteiger partial charge in [0.25, 0.3) is 11.8 Å². The van der Waals surface area contributed by atoms with Crippen molar-refractivity contribution in [2.24, 2.45) is 5.92 Å². The molecular weight excluding hydrogens is 420 g/mol. The number of amides is 3. The lowest BCUT2D eigenvalue weighted by Crippen LogP contribution is -2.33. The Balaban J connectivity index is 1.36. The van der Waals surface area contributed by atoms with E-state index in [0.717, 1.165) is 22.4 Å². The van der Waals surface area contributed by atoms with Crippen LogP contribution in [-0.2, 0) is 30.6 Å². The zero-order valence-corrected chi connectivity index (χ0v) is 18.4. The van der Waals surface area contributed by atoms with Crippen LogP contribution in [0, 0.1) is 17.8 Å². The summed E-state index contributed by atoms with van der Waals surface area (Å²) < 4.78 is 0. The number of rotatable bonds is 6. The lowest BCUT2D eigenvalue weighted by Gasteiger charge is -2.26. The number of anilines is 1. The molecule has 0 spiro atoms. The van der Waals surface area contributed by atoms with Crippen molar-refractivity contribution in [3.8, 4) is 11.8 Å². The fourth-order valence-electron chi connectivity index (χ4n) is 3.89. The standard InChI is InChI=1S/C26H24N2O5/c1-18-16-24(30)28(26(18)32)33-25(31)13-7-6-12-23(29)27-17-21-10-3-2-8-19(21)14-15-20-9-4-5-11-22(20)27/h2-5,8-11,18H,6-7,12-13,16-17H2,1H3. The van der Waals surface area contributed by atoms with Gasteiger partial charge in [0.2, 0.25) is 5.91 Å². The van der Waals surface area contributed by atoms with E-state index in [1.807, 2.05) is 48.5 Å². The lowest BCUT2D eigenvalue weighted by atomic mass is 10.0. The maximum Gasteiger partial charge on any atom is 0.333 e. The van der Waals surface area contributed by atoms with E-state index in [1.165, 1.54) is 0 Å². The second-order valence-electron chi connectivity index (χ2n) is 8.21. The second-order valence-corrected chi connectivity index (χ2v) is 8.21. The van der Waals surface area contributed by atoms with Crippen molar-refractivity contribution in [2.75, 3.05) is 4.90 Å². The first kappa shape index (κ1) is 22.3. The van der Waals surface area contributed by atoms with Crippen LogP contribution in [0.1, 0.15) is 55.7 Å². The van der Waals surface area contributed by atoms with Crippen LogP contribution >= 0.6 is 0 Å². The van der Waals surface area contributed by atoms with E-state index in [0.29, 0.717) is 24.4 Å². The van der Waals surface area contributed by atoms with Crippen molar-refractivity contribution in [2.45, 2.75) is 45.6 Å². The number of nitrogens with zero attached hydrogens (tertiary/aromatic N) is 2. The summed E-state index contributed by atoms with van der Waals surface area (Å²) in [5.41, 5.74) is 3.43. The van der Waals surface area contributed by atoms with E-state index in [1.54, 1.807) is 11.8 Å². The van der Waals surface area contributed by atoms with Crippen LogP contribution in [0.15, 0.2) is 48.5 Å². The average molecular weight is 444 g/mol. The maximum absolute atomic E-state index is 13.1. The Labute approximate surface area is 192 Å². The van der Waals surface area contributed by atoms with E-state index in [4.69, 9.17) is 4.84 Å². The fourth-order valence-corrected chi connectivity index (χ4v) is 3.89. The number of carbonyl (C=O) groups is 4. The third-order valence-corrected chi connectivity index (χ3v) is 5.72. The van der Waals surface area contributed by atoms with Gasteiger partial charge in [-0.3, -0.25) is 14.4 Å². The predicted octanol–water partition coefficient (Wildman–Crippen LogP) is 3.35. The van der Waals surface area contributed by atoms with Gasteiger partial charge in [-0.25, -0.2) is 4.79 Å². The SMILES string of the molecule is CC1CC(=O)N(OC(=O)CCCCC(=O)N2Cc3ccccc3C#Cc3ccccc32)C1=O. The number of benzene rings is 2. The van der Waals surface area contributed by atoms with Gasteiger partial charge < -0.3 is 9.74 Å². The smallest absolute Gasteiger partial charge is 0.330 e. The van der Waals surface area contributed by atoms with E-state index >= 15 is 0 Å². The van der Waals surface area contributed by atoms with Crippen molar-refractivity contribution in [1.82, 2.24) is 5.06 Å².